The van der Waals surface area contributed by atoms with Crippen molar-refractivity contribution in [1.82, 2.24) is 4.90 Å². The second kappa shape index (κ2) is 7.01. The first-order chi connectivity index (χ1) is 12.4. The van der Waals surface area contributed by atoms with Gasteiger partial charge in [-0.05, 0) is 36.8 Å². The summed E-state index contributed by atoms with van der Waals surface area (Å²) in [7, 11) is 1.67. The van der Waals surface area contributed by atoms with Crippen molar-refractivity contribution in [2.45, 2.75) is 12.8 Å². The number of rotatable bonds is 3. The number of nitrogens with one attached hydrogen (secondary N) is 1. The van der Waals surface area contributed by atoms with E-state index in [2.05, 4.69) is 11.2 Å². The molecule has 0 unspecified atom stereocenters. The topological polar surface area (TPSA) is 49.4 Å². The van der Waals surface area contributed by atoms with Crippen LogP contribution in [0.4, 0.5) is 10.1 Å². The minimum Gasteiger partial charge on any atom is -0.344 e. The highest BCUT2D eigenvalue weighted by atomic mass is 19.1. The normalized spacial score (nSPS) is 19.3. The number of likely N-dealkylation sites (N-methyl/N-ethyl adjacent to an activating group) is 1. The van der Waals surface area contributed by atoms with Gasteiger partial charge in [0.1, 0.15) is 11.7 Å². The maximum absolute atomic E-state index is 13.7. The van der Waals surface area contributed by atoms with Gasteiger partial charge in [-0.3, -0.25) is 9.59 Å². The van der Waals surface area contributed by atoms with Crippen LogP contribution in [0.15, 0.2) is 42.5 Å². The Kier molecular flexibility index (Phi) is 4.77. The number of hydrogen-bond donors (Lipinski definition) is 1. The Morgan fingerprint density at radius 1 is 1.31 bits per heavy atom. The second-order valence-corrected chi connectivity index (χ2v) is 6.47. The Balaban J connectivity index is 1.92. The number of nitrogens with zero attached hydrogens (tertiary/aromatic N) is 1. The van der Waals surface area contributed by atoms with Crippen LogP contribution >= 0.6 is 0 Å². The quantitative estimate of drug-likeness (QED) is 0.683. The monoisotopic (exact) mass is 350 g/mol. The third kappa shape index (κ3) is 3.18. The lowest BCUT2D eigenvalue weighted by molar-refractivity contribution is -0.135. The van der Waals surface area contributed by atoms with Crippen LogP contribution in [0.25, 0.3) is 0 Å². The van der Waals surface area contributed by atoms with Crippen LogP contribution in [0.2, 0.25) is 0 Å². The minimum atomic E-state index is -0.879. The van der Waals surface area contributed by atoms with E-state index in [1.807, 2.05) is 18.2 Å². The van der Waals surface area contributed by atoms with Gasteiger partial charge < -0.3 is 10.2 Å². The van der Waals surface area contributed by atoms with E-state index >= 15 is 0 Å². The largest absolute Gasteiger partial charge is 0.344 e. The number of amides is 2. The van der Waals surface area contributed by atoms with Crippen molar-refractivity contribution < 1.29 is 14.0 Å². The van der Waals surface area contributed by atoms with Gasteiger partial charge in [-0.25, -0.2) is 4.39 Å². The lowest BCUT2D eigenvalue weighted by Crippen LogP contribution is -2.33. The summed E-state index contributed by atoms with van der Waals surface area (Å²) in [4.78, 5) is 27.0. The van der Waals surface area contributed by atoms with Gasteiger partial charge >= 0.3 is 0 Å². The first-order valence-corrected chi connectivity index (χ1v) is 8.30. The molecule has 0 aromatic heterocycles. The summed E-state index contributed by atoms with van der Waals surface area (Å²) in [5.74, 6) is 0.277. The number of halogens is 1. The predicted molar refractivity (Wildman–Crippen MR) is 98.0 cm³/mol. The maximum Gasteiger partial charge on any atom is 0.237 e. The summed E-state index contributed by atoms with van der Waals surface area (Å²) in [5.41, 5.74) is 2.25. The maximum atomic E-state index is 13.7. The number of carbonyl (C=O) groups excluding carboxylic acids is 2. The zero-order chi connectivity index (χ0) is 18.8. The molecule has 1 aliphatic heterocycles. The van der Waals surface area contributed by atoms with Crippen LogP contribution in [-0.4, -0.2) is 30.3 Å². The van der Waals surface area contributed by atoms with Gasteiger partial charge in [-0.1, -0.05) is 24.1 Å². The fourth-order valence-electron chi connectivity index (χ4n) is 3.31. The molecular weight excluding hydrogens is 331 g/mol. The summed E-state index contributed by atoms with van der Waals surface area (Å²) in [6.45, 7) is 2.01. The Morgan fingerprint density at radius 3 is 2.77 bits per heavy atom. The third-order valence-electron chi connectivity index (χ3n) is 4.80. The molecule has 1 saturated heterocycles. The van der Waals surface area contributed by atoms with Crippen molar-refractivity contribution in [2.75, 3.05) is 18.9 Å². The van der Waals surface area contributed by atoms with E-state index in [0.717, 1.165) is 5.56 Å². The minimum absolute atomic E-state index is 0.257. The van der Waals surface area contributed by atoms with Gasteiger partial charge in [0.15, 0.2) is 0 Å². The summed E-state index contributed by atoms with van der Waals surface area (Å²) in [6, 6.07) is 11.8. The van der Waals surface area contributed by atoms with E-state index < -0.39 is 17.6 Å². The van der Waals surface area contributed by atoms with Crippen LogP contribution in [-0.2, 0) is 9.59 Å². The molecule has 0 spiro atoms. The molecular formula is C21H19FN2O2. The summed E-state index contributed by atoms with van der Waals surface area (Å²) in [5, 5.41) is 2.71. The van der Waals surface area contributed by atoms with E-state index in [1.165, 1.54) is 17.0 Å². The highest BCUT2D eigenvalue weighted by Gasteiger charge is 2.44. The highest BCUT2D eigenvalue weighted by molar-refractivity contribution is 6.08. The SMILES string of the molecule is C#Cc1cccc([C@@H]2CN(C)C(=O)[C@H]2C(=O)Nc2cccc(F)c2C)c1. The second-order valence-electron chi connectivity index (χ2n) is 6.47. The molecule has 132 valence electrons. The Hall–Kier alpha value is -3.13. The molecule has 2 aromatic rings. The zero-order valence-electron chi connectivity index (χ0n) is 14.6. The molecule has 4 nitrogen and oxygen atoms in total. The third-order valence-corrected chi connectivity index (χ3v) is 4.80. The van der Waals surface area contributed by atoms with Crippen LogP contribution in [0.5, 0.6) is 0 Å². The van der Waals surface area contributed by atoms with Crippen molar-refractivity contribution in [3.8, 4) is 12.3 Å². The average molecular weight is 350 g/mol. The summed E-state index contributed by atoms with van der Waals surface area (Å²) < 4.78 is 13.7. The van der Waals surface area contributed by atoms with Crippen molar-refractivity contribution in [3.05, 3.63) is 65.0 Å². The molecule has 1 N–H and O–H groups in total. The molecule has 0 bridgehead atoms. The van der Waals surface area contributed by atoms with Crippen molar-refractivity contribution in [3.63, 3.8) is 0 Å². The average Bonchev–Trinajstić information content (AvgIpc) is 2.94. The van der Waals surface area contributed by atoms with Crippen LogP contribution in [0.1, 0.15) is 22.6 Å². The molecule has 0 saturated carbocycles. The number of terminal acetylenes is 1. The van der Waals surface area contributed by atoms with Crippen molar-refractivity contribution in [1.29, 1.82) is 0 Å². The van der Waals surface area contributed by atoms with E-state index in [-0.39, 0.29) is 11.8 Å². The molecule has 3 rings (SSSR count). The zero-order valence-corrected chi connectivity index (χ0v) is 14.6. The van der Waals surface area contributed by atoms with Crippen LogP contribution < -0.4 is 5.32 Å². The highest BCUT2D eigenvalue weighted by Crippen LogP contribution is 2.34. The van der Waals surface area contributed by atoms with Crippen LogP contribution in [0, 0.1) is 31.0 Å². The Labute approximate surface area is 152 Å². The molecule has 1 heterocycles. The molecule has 26 heavy (non-hydrogen) atoms. The smallest absolute Gasteiger partial charge is 0.237 e. The molecule has 5 heteroatoms. The number of carbonyl (C=O) groups is 2. The number of benzene rings is 2. The van der Waals surface area contributed by atoms with E-state index in [0.29, 0.717) is 23.4 Å². The van der Waals surface area contributed by atoms with Gasteiger partial charge in [0.05, 0.1) is 0 Å². The molecule has 2 amide bonds. The summed E-state index contributed by atoms with van der Waals surface area (Å²) >= 11 is 0. The molecule has 2 aromatic carbocycles. The predicted octanol–water partition coefficient (Wildman–Crippen LogP) is 2.93. The van der Waals surface area contributed by atoms with Gasteiger partial charge in [0, 0.05) is 36.3 Å². The van der Waals surface area contributed by atoms with Gasteiger partial charge in [-0.15, -0.1) is 6.42 Å². The van der Waals surface area contributed by atoms with Gasteiger partial charge in [0.2, 0.25) is 11.8 Å². The lowest BCUT2D eigenvalue weighted by Gasteiger charge is -2.18. The molecule has 2 atom stereocenters. The van der Waals surface area contributed by atoms with Crippen molar-refractivity contribution >= 4 is 17.5 Å². The number of likely N-dealkylation sites (tertiary alicyclic amines) is 1. The van der Waals surface area contributed by atoms with Crippen molar-refractivity contribution in [2.24, 2.45) is 5.92 Å². The van der Waals surface area contributed by atoms with Crippen LogP contribution in [0.3, 0.4) is 0 Å². The van der Waals surface area contributed by atoms with E-state index in [9.17, 15) is 14.0 Å². The number of anilines is 1. The standard InChI is InChI=1S/C21H19FN2O2/c1-4-14-7-5-8-15(11-14)16-12-24(3)21(26)19(16)20(25)23-18-10-6-9-17(22)13(18)2/h1,5-11,16,19H,12H2,2-3H3,(H,23,25)/t16-,19+/m0/s1. The molecule has 0 radical (unpaired) electrons. The van der Waals surface area contributed by atoms with Gasteiger partial charge in [0.25, 0.3) is 0 Å². The fraction of sp³-hybridized carbons (Fsp3) is 0.238. The molecule has 1 aliphatic rings. The Bertz CT molecular complexity index is 916. The fourth-order valence-corrected chi connectivity index (χ4v) is 3.31. The van der Waals surface area contributed by atoms with E-state index in [1.54, 1.807) is 26.1 Å². The van der Waals surface area contributed by atoms with E-state index in [4.69, 9.17) is 6.42 Å². The first-order valence-electron chi connectivity index (χ1n) is 8.30. The number of hydrogen-bond acceptors (Lipinski definition) is 2. The molecule has 0 aliphatic carbocycles. The molecule has 1 fully saturated rings. The Morgan fingerprint density at radius 2 is 2.04 bits per heavy atom. The summed E-state index contributed by atoms with van der Waals surface area (Å²) in [6.07, 6.45) is 5.46. The first kappa shape index (κ1) is 17.7. The van der Waals surface area contributed by atoms with Gasteiger partial charge in [-0.2, -0.15) is 0 Å². The lowest BCUT2D eigenvalue weighted by atomic mass is 9.87.